The van der Waals surface area contributed by atoms with Crippen LogP contribution < -0.4 is 4.90 Å². The maximum absolute atomic E-state index is 9.09. The lowest BCUT2D eigenvalue weighted by Gasteiger charge is -2.20. The molecule has 0 unspecified atom stereocenters. The zero-order chi connectivity index (χ0) is 13.0. The van der Waals surface area contributed by atoms with Crippen LogP contribution in [0.3, 0.4) is 0 Å². The van der Waals surface area contributed by atoms with E-state index in [4.69, 9.17) is 5.11 Å². The molecule has 0 bridgehead atoms. The van der Waals surface area contributed by atoms with Gasteiger partial charge in [-0.1, -0.05) is 29.8 Å². The summed E-state index contributed by atoms with van der Waals surface area (Å²) >= 11 is 0. The minimum atomic E-state index is -0.0217. The van der Waals surface area contributed by atoms with E-state index in [0.29, 0.717) is 5.69 Å². The SMILES string of the molecule is Cc1cccc(CN(C)c2ccnc(CO)c2)c1. The highest BCUT2D eigenvalue weighted by Gasteiger charge is 2.03. The standard InChI is InChI=1S/C15H18N2O/c1-12-4-3-5-13(8-12)10-17(2)15-6-7-16-14(9-15)11-18/h3-9,18H,10-11H2,1-2H3. The number of aryl methyl sites for hydroxylation is 1. The average molecular weight is 242 g/mol. The van der Waals surface area contributed by atoms with Crippen molar-refractivity contribution in [2.24, 2.45) is 0 Å². The number of aromatic nitrogens is 1. The van der Waals surface area contributed by atoms with Gasteiger partial charge in [-0.3, -0.25) is 4.98 Å². The zero-order valence-corrected chi connectivity index (χ0v) is 10.8. The smallest absolute Gasteiger partial charge is 0.0853 e. The third kappa shape index (κ3) is 3.08. The molecule has 94 valence electrons. The Hall–Kier alpha value is -1.87. The van der Waals surface area contributed by atoms with Crippen LogP contribution >= 0.6 is 0 Å². The molecule has 1 aromatic carbocycles. The third-order valence-electron chi connectivity index (χ3n) is 2.91. The molecule has 1 N–H and O–H groups in total. The molecule has 0 spiro atoms. The normalized spacial score (nSPS) is 10.4. The number of aliphatic hydroxyl groups is 1. The van der Waals surface area contributed by atoms with Crippen LogP contribution in [0, 0.1) is 6.92 Å². The second-order valence-corrected chi connectivity index (χ2v) is 4.51. The van der Waals surface area contributed by atoms with Gasteiger partial charge in [0, 0.05) is 25.5 Å². The summed E-state index contributed by atoms with van der Waals surface area (Å²) in [5.41, 5.74) is 4.31. The van der Waals surface area contributed by atoms with Gasteiger partial charge in [-0.25, -0.2) is 0 Å². The van der Waals surface area contributed by atoms with Gasteiger partial charge in [0.2, 0.25) is 0 Å². The summed E-state index contributed by atoms with van der Waals surface area (Å²) in [6.45, 7) is 2.92. The number of pyridine rings is 1. The summed E-state index contributed by atoms with van der Waals surface area (Å²) in [5, 5.41) is 9.09. The van der Waals surface area contributed by atoms with Gasteiger partial charge in [0.25, 0.3) is 0 Å². The fraction of sp³-hybridized carbons (Fsp3) is 0.267. The second-order valence-electron chi connectivity index (χ2n) is 4.51. The lowest BCUT2D eigenvalue weighted by molar-refractivity contribution is 0.277. The molecule has 0 aliphatic rings. The molecule has 0 saturated heterocycles. The first kappa shape index (κ1) is 12.6. The highest BCUT2D eigenvalue weighted by atomic mass is 16.3. The van der Waals surface area contributed by atoms with Crippen LogP contribution in [-0.4, -0.2) is 17.1 Å². The molecule has 2 aromatic rings. The van der Waals surface area contributed by atoms with Gasteiger partial charge in [-0.2, -0.15) is 0 Å². The lowest BCUT2D eigenvalue weighted by atomic mass is 10.1. The molecule has 2 rings (SSSR count). The Balaban J connectivity index is 2.13. The molecule has 18 heavy (non-hydrogen) atoms. The fourth-order valence-corrected chi connectivity index (χ4v) is 1.97. The Morgan fingerprint density at radius 2 is 2.06 bits per heavy atom. The Labute approximate surface area is 108 Å². The first-order valence-electron chi connectivity index (χ1n) is 6.01. The van der Waals surface area contributed by atoms with Gasteiger partial charge in [0.1, 0.15) is 0 Å². The van der Waals surface area contributed by atoms with Gasteiger partial charge in [0.15, 0.2) is 0 Å². The van der Waals surface area contributed by atoms with E-state index in [1.807, 2.05) is 19.2 Å². The summed E-state index contributed by atoms with van der Waals surface area (Å²) in [5.74, 6) is 0. The van der Waals surface area contributed by atoms with Crippen molar-refractivity contribution in [3.63, 3.8) is 0 Å². The van der Waals surface area contributed by atoms with Crippen LogP contribution in [0.4, 0.5) is 5.69 Å². The summed E-state index contributed by atoms with van der Waals surface area (Å²) in [4.78, 5) is 6.23. The van der Waals surface area contributed by atoms with E-state index in [1.165, 1.54) is 11.1 Å². The average Bonchev–Trinajstić information content (AvgIpc) is 2.39. The second kappa shape index (κ2) is 5.65. The molecule has 0 amide bonds. The molecule has 1 heterocycles. The van der Waals surface area contributed by atoms with E-state index in [1.54, 1.807) is 6.20 Å². The van der Waals surface area contributed by atoms with Crippen LogP contribution in [0.25, 0.3) is 0 Å². The minimum Gasteiger partial charge on any atom is -0.390 e. The van der Waals surface area contributed by atoms with Crippen LogP contribution in [0.1, 0.15) is 16.8 Å². The molecule has 3 heteroatoms. The fourth-order valence-electron chi connectivity index (χ4n) is 1.97. The van der Waals surface area contributed by atoms with Crippen LogP contribution in [0.2, 0.25) is 0 Å². The Morgan fingerprint density at radius 1 is 1.22 bits per heavy atom. The number of hydrogen-bond donors (Lipinski definition) is 1. The summed E-state index contributed by atoms with van der Waals surface area (Å²) in [6, 6.07) is 12.3. The lowest BCUT2D eigenvalue weighted by Crippen LogP contribution is -2.16. The van der Waals surface area contributed by atoms with Crippen LogP contribution in [0.5, 0.6) is 0 Å². The number of aliphatic hydroxyl groups excluding tert-OH is 1. The minimum absolute atomic E-state index is 0.0217. The number of nitrogens with zero attached hydrogens (tertiary/aromatic N) is 2. The Kier molecular flexibility index (Phi) is 3.95. The monoisotopic (exact) mass is 242 g/mol. The zero-order valence-electron chi connectivity index (χ0n) is 10.8. The molecule has 0 fully saturated rings. The van der Waals surface area contributed by atoms with Crippen molar-refractivity contribution in [1.82, 2.24) is 4.98 Å². The van der Waals surface area contributed by atoms with Gasteiger partial charge in [-0.05, 0) is 24.6 Å². The molecule has 1 aromatic heterocycles. The summed E-state index contributed by atoms with van der Waals surface area (Å²) in [6.07, 6.45) is 1.73. The third-order valence-corrected chi connectivity index (χ3v) is 2.91. The maximum atomic E-state index is 9.09. The molecule has 0 aliphatic carbocycles. The molecule has 0 atom stereocenters. The Bertz CT molecular complexity index is 525. The predicted molar refractivity (Wildman–Crippen MR) is 73.4 cm³/mol. The first-order chi connectivity index (χ1) is 8.69. The van der Waals surface area contributed by atoms with E-state index in [9.17, 15) is 0 Å². The highest BCUT2D eigenvalue weighted by Crippen LogP contribution is 2.16. The molecular formula is C15H18N2O. The van der Waals surface area contributed by atoms with Crippen molar-refractivity contribution in [3.8, 4) is 0 Å². The maximum Gasteiger partial charge on any atom is 0.0853 e. The first-order valence-corrected chi connectivity index (χ1v) is 6.01. The van der Waals surface area contributed by atoms with Crippen LogP contribution in [-0.2, 0) is 13.2 Å². The number of anilines is 1. The largest absolute Gasteiger partial charge is 0.390 e. The number of hydrogen-bond acceptors (Lipinski definition) is 3. The van der Waals surface area contributed by atoms with Gasteiger partial charge in [0.05, 0.1) is 12.3 Å². The van der Waals surface area contributed by atoms with E-state index >= 15 is 0 Å². The van der Waals surface area contributed by atoms with Crippen LogP contribution in [0.15, 0.2) is 42.6 Å². The molecule has 3 nitrogen and oxygen atoms in total. The van der Waals surface area contributed by atoms with Crippen molar-refractivity contribution in [1.29, 1.82) is 0 Å². The van der Waals surface area contributed by atoms with E-state index in [0.717, 1.165) is 12.2 Å². The van der Waals surface area contributed by atoms with Crippen molar-refractivity contribution >= 4 is 5.69 Å². The Morgan fingerprint density at radius 3 is 2.78 bits per heavy atom. The molecule has 0 saturated carbocycles. The predicted octanol–water partition coefficient (Wildman–Crippen LogP) is 2.52. The van der Waals surface area contributed by atoms with Gasteiger partial charge in [-0.15, -0.1) is 0 Å². The molecule has 0 radical (unpaired) electrons. The van der Waals surface area contributed by atoms with Crippen molar-refractivity contribution in [2.45, 2.75) is 20.1 Å². The van der Waals surface area contributed by atoms with E-state index in [2.05, 4.69) is 41.1 Å². The number of rotatable bonds is 4. The van der Waals surface area contributed by atoms with Crippen molar-refractivity contribution < 1.29 is 5.11 Å². The van der Waals surface area contributed by atoms with Gasteiger partial charge < -0.3 is 10.0 Å². The topological polar surface area (TPSA) is 36.4 Å². The quantitative estimate of drug-likeness (QED) is 0.895. The van der Waals surface area contributed by atoms with Crippen molar-refractivity contribution in [3.05, 3.63) is 59.4 Å². The molecule has 0 aliphatic heterocycles. The number of benzene rings is 1. The van der Waals surface area contributed by atoms with E-state index < -0.39 is 0 Å². The molecular weight excluding hydrogens is 224 g/mol. The van der Waals surface area contributed by atoms with E-state index in [-0.39, 0.29) is 6.61 Å². The van der Waals surface area contributed by atoms with Crippen molar-refractivity contribution in [2.75, 3.05) is 11.9 Å². The summed E-state index contributed by atoms with van der Waals surface area (Å²) in [7, 11) is 2.04. The summed E-state index contributed by atoms with van der Waals surface area (Å²) < 4.78 is 0. The van der Waals surface area contributed by atoms with Gasteiger partial charge >= 0.3 is 0 Å². The highest BCUT2D eigenvalue weighted by molar-refractivity contribution is 5.46.